The van der Waals surface area contributed by atoms with Gasteiger partial charge in [-0.05, 0) is 43.2 Å². The molecule has 19 heavy (non-hydrogen) atoms. The largest absolute Gasteiger partial charge is 0.454 e. The first kappa shape index (κ1) is 13.8. The topological polar surface area (TPSA) is 48.1 Å². The van der Waals surface area contributed by atoms with Gasteiger partial charge in [0.15, 0.2) is 0 Å². The van der Waals surface area contributed by atoms with Crippen molar-refractivity contribution >= 4 is 11.6 Å². The minimum Gasteiger partial charge on any atom is -0.454 e. The summed E-state index contributed by atoms with van der Waals surface area (Å²) in [6, 6.07) is 9.37. The molecule has 100 valence electrons. The number of nitrogens with two attached hydrogens (primary N) is 1. The van der Waals surface area contributed by atoms with E-state index in [9.17, 15) is 0 Å². The summed E-state index contributed by atoms with van der Waals surface area (Å²) in [6.07, 6.45) is 2.53. The lowest BCUT2D eigenvalue weighted by atomic mass is 10.1. The zero-order valence-electron chi connectivity index (χ0n) is 11.1. The van der Waals surface area contributed by atoms with Crippen molar-refractivity contribution in [1.29, 1.82) is 0 Å². The summed E-state index contributed by atoms with van der Waals surface area (Å²) in [5, 5.41) is 0.583. The average Bonchev–Trinajstić information content (AvgIpc) is 2.43. The number of rotatable bonds is 4. The highest BCUT2D eigenvalue weighted by atomic mass is 35.5. The molecule has 1 heterocycles. The molecule has 0 aliphatic rings. The number of ether oxygens (including phenoxy) is 1. The monoisotopic (exact) mass is 276 g/mol. The van der Waals surface area contributed by atoms with Crippen LogP contribution >= 0.6 is 11.6 Å². The molecule has 1 unspecified atom stereocenters. The van der Waals surface area contributed by atoms with Crippen molar-refractivity contribution in [2.24, 2.45) is 5.73 Å². The molecule has 0 amide bonds. The molecule has 0 bridgehead atoms. The molecule has 0 aliphatic heterocycles. The zero-order chi connectivity index (χ0) is 13.8. The highest BCUT2D eigenvalue weighted by Crippen LogP contribution is 2.30. The molecule has 0 saturated heterocycles. The molecule has 0 fully saturated rings. The van der Waals surface area contributed by atoms with Crippen molar-refractivity contribution in [3.05, 3.63) is 52.8 Å². The van der Waals surface area contributed by atoms with Crippen LogP contribution in [0.2, 0.25) is 5.02 Å². The Labute approximate surface area is 118 Å². The Bertz CT molecular complexity index is 555. The van der Waals surface area contributed by atoms with Crippen LogP contribution in [-0.4, -0.2) is 4.98 Å². The minimum atomic E-state index is -0.0309. The van der Waals surface area contributed by atoms with Gasteiger partial charge >= 0.3 is 0 Å². The van der Waals surface area contributed by atoms with Crippen LogP contribution in [-0.2, 0) is 0 Å². The number of aryl methyl sites for hydroxylation is 1. The predicted octanol–water partition coefficient (Wildman–Crippen LogP) is 4.25. The standard InChI is InChI=1S/C15H17ClN2O/c1-3-13(17)14-7-5-11(9-18-14)19-15-8-10(2)4-6-12(15)16/h4-9,13H,3,17H2,1-2H3. The molecule has 2 aromatic rings. The summed E-state index contributed by atoms with van der Waals surface area (Å²) in [6.45, 7) is 4.02. The average molecular weight is 277 g/mol. The Balaban J connectivity index is 2.17. The van der Waals surface area contributed by atoms with Gasteiger partial charge < -0.3 is 10.5 Å². The molecule has 1 aromatic heterocycles. The van der Waals surface area contributed by atoms with Crippen LogP contribution in [0.3, 0.4) is 0 Å². The maximum absolute atomic E-state index is 6.08. The molecule has 2 rings (SSSR count). The second kappa shape index (κ2) is 6.04. The van der Waals surface area contributed by atoms with Crippen LogP contribution in [0, 0.1) is 6.92 Å². The molecule has 0 radical (unpaired) electrons. The van der Waals surface area contributed by atoms with Gasteiger partial charge in [0.1, 0.15) is 11.5 Å². The first-order valence-electron chi connectivity index (χ1n) is 6.25. The Hall–Kier alpha value is -1.58. The van der Waals surface area contributed by atoms with E-state index in [-0.39, 0.29) is 6.04 Å². The third-order valence-corrected chi connectivity index (χ3v) is 3.21. The van der Waals surface area contributed by atoms with E-state index in [0.29, 0.717) is 16.5 Å². The van der Waals surface area contributed by atoms with Crippen LogP contribution in [0.1, 0.15) is 30.6 Å². The number of halogens is 1. The second-order valence-electron chi connectivity index (χ2n) is 4.47. The van der Waals surface area contributed by atoms with Crippen molar-refractivity contribution in [2.75, 3.05) is 0 Å². The van der Waals surface area contributed by atoms with E-state index >= 15 is 0 Å². The van der Waals surface area contributed by atoms with E-state index in [1.807, 2.05) is 44.2 Å². The van der Waals surface area contributed by atoms with E-state index in [1.54, 1.807) is 6.20 Å². The van der Waals surface area contributed by atoms with Gasteiger partial charge in [0, 0.05) is 6.04 Å². The SMILES string of the molecule is CCC(N)c1ccc(Oc2cc(C)ccc2Cl)cn1. The third-order valence-electron chi connectivity index (χ3n) is 2.89. The number of nitrogens with zero attached hydrogens (tertiary/aromatic N) is 1. The predicted molar refractivity (Wildman–Crippen MR) is 77.7 cm³/mol. The van der Waals surface area contributed by atoms with Crippen molar-refractivity contribution < 1.29 is 4.74 Å². The maximum atomic E-state index is 6.08. The lowest BCUT2D eigenvalue weighted by molar-refractivity contribution is 0.479. The van der Waals surface area contributed by atoms with E-state index in [0.717, 1.165) is 17.7 Å². The summed E-state index contributed by atoms with van der Waals surface area (Å²) in [5.74, 6) is 1.29. The smallest absolute Gasteiger partial charge is 0.146 e. The van der Waals surface area contributed by atoms with Crippen LogP contribution < -0.4 is 10.5 Å². The Morgan fingerprint density at radius 2 is 2.11 bits per heavy atom. The Morgan fingerprint density at radius 3 is 2.74 bits per heavy atom. The molecule has 0 aliphatic carbocycles. The number of hydrogen-bond donors (Lipinski definition) is 1. The lowest BCUT2D eigenvalue weighted by Crippen LogP contribution is -2.10. The zero-order valence-corrected chi connectivity index (χ0v) is 11.8. The fraction of sp³-hybridized carbons (Fsp3) is 0.267. The summed E-state index contributed by atoms with van der Waals surface area (Å²) in [7, 11) is 0. The molecular formula is C15H17ClN2O. The third kappa shape index (κ3) is 3.46. The van der Waals surface area contributed by atoms with Gasteiger partial charge in [-0.25, -0.2) is 0 Å². The van der Waals surface area contributed by atoms with Crippen LogP contribution in [0.15, 0.2) is 36.5 Å². The molecular weight excluding hydrogens is 260 g/mol. The molecule has 1 aromatic carbocycles. The summed E-state index contributed by atoms with van der Waals surface area (Å²) < 4.78 is 5.72. The van der Waals surface area contributed by atoms with Crippen molar-refractivity contribution in [2.45, 2.75) is 26.3 Å². The molecule has 1 atom stereocenters. The molecule has 4 heteroatoms. The summed E-state index contributed by atoms with van der Waals surface area (Å²) in [4.78, 5) is 4.30. The van der Waals surface area contributed by atoms with Crippen LogP contribution in [0.5, 0.6) is 11.5 Å². The minimum absolute atomic E-state index is 0.0309. The first-order valence-corrected chi connectivity index (χ1v) is 6.63. The van der Waals surface area contributed by atoms with Gasteiger partial charge in [0.05, 0.1) is 16.9 Å². The lowest BCUT2D eigenvalue weighted by Gasteiger charge is -2.11. The Morgan fingerprint density at radius 1 is 1.32 bits per heavy atom. The number of benzene rings is 1. The highest BCUT2D eigenvalue weighted by Gasteiger charge is 2.07. The Kier molecular flexibility index (Phi) is 4.40. The molecule has 3 nitrogen and oxygen atoms in total. The van der Waals surface area contributed by atoms with Gasteiger partial charge in [-0.3, -0.25) is 4.98 Å². The van der Waals surface area contributed by atoms with Crippen molar-refractivity contribution in [3.63, 3.8) is 0 Å². The maximum Gasteiger partial charge on any atom is 0.146 e. The molecule has 2 N–H and O–H groups in total. The van der Waals surface area contributed by atoms with Gasteiger partial charge in [0.2, 0.25) is 0 Å². The van der Waals surface area contributed by atoms with E-state index in [1.165, 1.54) is 0 Å². The fourth-order valence-corrected chi connectivity index (χ4v) is 1.85. The van der Waals surface area contributed by atoms with Crippen LogP contribution in [0.25, 0.3) is 0 Å². The van der Waals surface area contributed by atoms with E-state index < -0.39 is 0 Å². The molecule has 0 saturated carbocycles. The quantitative estimate of drug-likeness (QED) is 0.908. The molecule has 0 spiro atoms. The number of aromatic nitrogens is 1. The van der Waals surface area contributed by atoms with Crippen molar-refractivity contribution in [3.8, 4) is 11.5 Å². The van der Waals surface area contributed by atoms with Gasteiger partial charge in [-0.2, -0.15) is 0 Å². The number of hydrogen-bond acceptors (Lipinski definition) is 3. The van der Waals surface area contributed by atoms with Crippen LogP contribution in [0.4, 0.5) is 0 Å². The summed E-state index contributed by atoms with van der Waals surface area (Å²) in [5.41, 5.74) is 7.88. The first-order chi connectivity index (χ1) is 9.10. The summed E-state index contributed by atoms with van der Waals surface area (Å²) >= 11 is 6.08. The fourth-order valence-electron chi connectivity index (χ4n) is 1.70. The number of pyridine rings is 1. The van der Waals surface area contributed by atoms with E-state index in [4.69, 9.17) is 22.1 Å². The normalized spacial score (nSPS) is 12.2. The van der Waals surface area contributed by atoms with Crippen molar-refractivity contribution in [1.82, 2.24) is 4.98 Å². The van der Waals surface area contributed by atoms with Gasteiger partial charge in [-0.1, -0.05) is 24.6 Å². The van der Waals surface area contributed by atoms with E-state index in [2.05, 4.69) is 4.98 Å². The highest BCUT2D eigenvalue weighted by molar-refractivity contribution is 6.32. The van der Waals surface area contributed by atoms with Gasteiger partial charge in [-0.15, -0.1) is 0 Å². The second-order valence-corrected chi connectivity index (χ2v) is 4.88. The van der Waals surface area contributed by atoms with Gasteiger partial charge in [0.25, 0.3) is 0 Å².